The quantitative estimate of drug-likeness (QED) is 0.571. The summed E-state index contributed by atoms with van der Waals surface area (Å²) >= 11 is 1.50. The zero-order valence-electron chi connectivity index (χ0n) is 12.6. The number of nitrogen functional groups attached to an aromatic ring is 1. The van der Waals surface area contributed by atoms with Crippen molar-refractivity contribution in [3.05, 3.63) is 10.9 Å². The molecule has 0 bridgehead atoms. The highest BCUT2D eigenvalue weighted by Crippen LogP contribution is 2.38. The number of nitrogens with one attached hydrogen (secondary N) is 1. The van der Waals surface area contributed by atoms with Crippen LogP contribution in [0.5, 0.6) is 0 Å². The number of carbonyl (C=O) groups excluding carboxylic acids is 1. The van der Waals surface area contributed by atoms with Crippen LogP contribution in [0.4, 0.5) is 10.7 Å². The lowest BCUT2D eigenvalue weighted by Gasteiger charge is -2.20. The first-order chi connectivity index (χ1) is 9.49. The van der Waals surface area contributed by atoms with E-state index in [-0.39, 0.29) is 11.7 Å². The highest BCUT2D eigenvalue weighted by molar-refractivity contribution is 7.18. The van der Waals surface area contributed by atoms with Gasteiger partial charge in [0, 0.05) is 18.5 Å². The van der Waals surface area contributed by atoms with Crippen LogP contribution in [0.25, 0.3) is 0 Å². The van der Waals surface area contributed by atoms with E-state index in [4.69, 9.17) is 5.73 Å². The van der Waals surface area contributed by atoms with Crippen LogP contribution < -0.4 is 11.1 Å². The van der Waals surface area contributed by atoms with Gasteiger partial charge in [0.25, 0.3) is 0 Å². The molecule has 112 valence electrons. The summed E-state index contributed by atoms with van der Waals surface area (Å²) in [6, 6.07) is 2.47. The van der Waals surface area contributed by atoms with Gasteiger partial charge < -0.3 is 16.0 Å². The Balaban J connectivity index is 1.79. The summed E-state index contributed by atoms with van der Waals surface area (Å²) in [5, 5.41) is 4.39. The molecule has 3 N–H and O–H groups in total. The highest BCUT2D eigenvalue weighted by Gasteiger charge is 2.32. The number of nitrogens with zero attached hydrogens (tertiary/aromatic N) is 1. The Morgan fingerprint density at radius 1 is 1.55 bits per heavy atom. The molecular formula is C15H25N3OS. The second kappa shape index (κ2) is 6.59. The van der Waals surface area contributed by atoms with E-state index in [9.17, 15) is 4.79 Å². The number of anilines is 2. The molecule has 0 saturated heterocycles. The van der Waals surface area contributed by atoms with Crippen molar-refractivity contribution in [3.63, 3.8) is 0 Å². The van der Waals surface area contributed by atoms with Crippen LogP contribution in [-0.2, 0) is 0 Å². The summed E-state index contributed by atoms with van der Waals surface area (Å²) in [5.41, 5.74) is 6.57. The van der Waals surface area contributed by atoms with E-state index in [2.05, 4.69) is 31.1 Å². The Bertz CT molecular complexity index is 466. The third-order valence-corrected chi connectivity index (χ3v) is 4.92. The van der Waals surface area contributed by atoms with E-state index >= 15 is 0 Å². The van der Waals surface area contributed by atoms with Gasteiger partial charge in [-0.05, 0) is 52.8 Å². The summed E-state index contributed by atoms with van der Waals surface area (Å²) in [7, 11) is 2.14. The minimum absolute atomic E-state index is 0.236. The SMILES string of the molecule is CC(C)N(C)CCCNc1cc(N)c(C(=O)C2CC2)s1. The van der Waals surface area contributed by atoms with Crippen LogP contribution in [0.3, 0.4) is 0 Å². The Hall–Kier alpha value is -1.07. The third-order valence-electron chi connectivity index (χ3n) is 3.80. The predicted molar refractivity (Wildman–Crippen MR) is 86.7 cm³/mol. The van der Waals surface area contributed by atoms with Crippen molar-refractivity contribution in [1.82, 2.24) is 4.90 Å². The minimum atomic E-state index is 0.236. The van der Waals surface area contributed by atoms with Crippen LogP contribution in [0, 0.1) is 5.92 Å². The van der Waals surface area contributed by atoms with E-state index in [1.165, 1.54) is 11.3 Å². The normalized spacial score (nSPS) is 15.1. The van der Waals surface area contributed by atoms with Crippen LogP contribution in [-0.4, -0.2) is 36.9 Å². The molecule has 4 nitrogen and oxygen atoms in total. The van der Waals surface area contributed by atoms with Crippen LogP contribution in [0.15, 0.2) is 6.07 Å². The summed E-state index contributed by atoms with van der Waals surface area (Å²) in [4.78, 5) is 15.1. The lowest BCUT2D eigenvalue weighted by Crippen LogP contribution is -2.28. The molecule has 0 atom stereocenters. The molecule has 2 rings (SSSR count). The number of ketones is 1. The van der Waals surface area contributed by atoms with Crippen molar-refractivity contribution in [3.8, 4) is 0 Å². The Morgan fingerprint density at radius 2 is 2.25 bits per heavy atom. The zero-order valence-corrected chi connectivity index (χ0v) is 13.4. The molecule has 1 aromatic heterocycles. The molecule has 20 heavy (non-hydrogen) atoms. The predicted octanol–water partition coefficient (Wildman–Crippen LogP) is 3.07. The number of hydrogen-bond acceptors (Lipinski definition) is 5. The molecule has 0 aromatic carbocycles. The molecule has 0 aliphatic heterocycles. The highest BCUT2D eigenvalue weighted by atomic mass is 32.1. The molecule has 0 radical (unpaired) electrons. The van der Waals surface area contributed by atoms with Gasteiger partial charge in [-0.2, -0.15) is 0 Å². The second-order valence-electron chi connectivity index (χ2n) is 5.89. The standard InChI is InChI=1S/C15H25N3OS/c1-10(2)18(3)8-4-7-17-13-9-12(16)15(20-13)14(19)11-5-6-11/h9-11,17H,4-8,16H2,1-3H3. The van der Waals surface area contributed by atoms with Gasteiger partial charge in [0.2, 0.25) is 0 Å². The summed E-state index contributed by atoms with van der Waals surface area (Å²) in [5.74, 6) is 0.476. The van der Waals surface area contributed by atoms with Crippen LogP contribution in [0.1, 0.15) is 42.8 Å². The zero-order chi connectivity index (χ0) is 14.7. The number of carbonyl (C=O) groups is 1. The van der Waals surface area contributed by atoms with Gasteiger partial charge in [-0.25, -0.2) is 0 Å². The third kappa shape index (κ3) is 3.96. The lowest BCUT2D eigenvalue weighted by atomic mass is 10.2. The Morgan fingerprint density at radius 3 is 2.85 bits per heavy atom. The molecule has 0 amide bonds. The fraction of sp³-hybridized carbons (Fsp3) is 0.667. The smallest absolute Gasteiger partial charge is 0.178 e. The van der Waals surface area contributed by atoms with Crippen molar-refractivity contribution in [2.24, 2.45) is 5.92 Å². The molecule has 1 aromatic rings. The molecule has 1 aliphatic rings. The van der Waals surface area contributed by atoms with Crippen molar-refractivity contribution >= 4 is 27.8 Å². The molecule has 5 heteroatoms. The van der Waals surface area contributed by atoms with Gasteiger partial charge in [0.05, 0.1) is 15.6 Å². The van der Waals surface area contributed by atoms with Gasteiger partial charge in [0.15, 0.2) is 5.78 Å². The van der Waals surface area contributed by atoms with Gasteiger partial charge in [-0.15, -0.1) is 11.3 Å². The van der Waals surface area contributed by atoms with E-state index in [0.29, 0.717) is 11.7 Å². The van der Waals surface area contributed by atoms with Gasteiger partial charge in [-0.1, -0.05) is 0 Å². The topological polar surface area (TPSA) is 58.4 Å². The van der Waals surface area contributed by atoms with Gasteiger partial charge in [0.1, 0.15) is 0 Å². The molecule has 1 saturated carbocycles. The summed E-state index contributed by atoms with van der Waals surface area (Å²) < 4.78 is 0. The number of nitrogens with two attached hydrogens (primary N) is 1. The monoisotopic (exact) mass is 295 g/mol. The average molecular weight is 295 g/mol. The fourth-order valence-electron chi connectivity index (χ4n) is 2.01. The maximum Gasteiger partial charge on any atom is 0.178 e. The average Bonchev–Trinajstić information content (AvgIpc) is 3.18. The second-order valence-corrected chi connectivity index (χ2v) is 6.94. The summed E-state index contributed by atoms with van der Waals surface area (Å²) in [6.45, 7) is 6.37. The Labute approximate surface area is 125 Å². The first-order valence-electron chi connectivity index (χ1n) is 7.36. The van der Waals surface area contributed by atoms with Crippen molar-refractivity contribution in [2.75, 3.05) is 31.2 Å². The lowest BCUT2D eigenvalue weighted by molar-refractivity contribution is 0.0972. The number of thiophene rings is 1. The molecule has 0 unspecified atom stereocenters. The molecule has 0 spiro atoms. The van der Waals surface area contributed by atoms with E-state index in [1.807, 2.05) is 6.07 Å². The number of Topliss-reactive ketones (excluding diaryl/α,β-unsaturated/α-hetero) is 1. The van der Waals surface area contributed by atoms with Crippen LogP contribution in [0.2, 0.25) is 0 Å². The van der Waals surface area contributed by atoms with Crippen molar-refractivity contribution in [2.45, 2.75) is 39.2 Å². The largest absolute Gasteiger partial charge is 0.397 e. The van der Waals surface area contributed by atoms with Crippen LogP contribution >= 0.6 is 11.3 Å². The maximum absolute atomic E-state index is 12.0. The first-order valence-corrected chi connectivity index (χ1v) is 8.18. The van der Waals surface area contributed by atoms with E-state index in [0.717, 1.165) is 42.2 Å². The van der Waals surface area contributed by atoms with Gasteiger partial charge in [-0.3, -0.25) is 4.79 Å². The Kier molecular flexibility index (Phi) is 5.05. The summed E-state index contributed by atoms with van der Waals surface area (Å²) in [6.07, 6.45) is 3.14. The van der Waals surface area contributed by atoms with E-state index in [1.54, 1.807) is 0 Å². The minimum Gasteiger partial charge on any atom is -0.397 e. The van der Waals surface area contributed by atoms with Gasteiger partial charge >= 0.3 is 0 Å². The molecule has 1 aliphatic carbocycles. The van der Waals surface area contributed by atoms with Crippen molar-refractivity contribution in [1.29, 1.82) is 0 Å². The first kappa shape index (κ1) is 15.3. The number of hydrogen-bond donors (Lipinski definition) is 2. The molecule has 1 fully saturated rings. The van der Waals surface area contributed by atoms with E-state index < -0.39 is 0 Å². The fourth-order valence-corrected chi connectivity index (χ4v) is 3.04. The molecule has 1 heterocycles. The number of rotatable bonds is 8. The maximum atomic E-state index is 12.0. The molecular weight excluding hydrogens is 270 g/mol. The van der Waals surface area contributed by atoms with Crippen molar-refractivity contribution < 1.29 is 4.79 Å².